The highest BCUT2D eigenvalue weighted by molar-refractivity contribution is 5.82. The number of nitrogens with two attached hydrogens (primary N) is 1. The summed E-state index contributed by atoms with van der Waals surface area (Å²) < 4.78 is 19.9. The second kappa shape index (κ2) is 9.55. The number of carbonyl (C=O) groups excluding carboxylic acids is 1. The fourth-order valence-electron chi connectivity index (χ4n) is 11.9. The monoisotopic (exact) mass is 583 g/mol. The zero-order chi connectivity index (χ0) is 30.8. The maximum Gasteiger partial charge on any atom is 0.314 e. The summed E-state index contributed by atoms with van der Waals surface area (Å²) in [7, 11) is 0. The molecule has 0 amide bonds. The van der Waals surface area contributed by atoms with Gasteiger partial charge in [0.2, 0.25) is 0 Å². The van der Waals surface area contributed by atoms with Crippen molar-refractivity contribution >= 4 is 5.97 Å². The quantitative estimate of drug-likeness (QED) is 0.258. The summed E-state index contributed by atoms with van der Waals surface area (Å²) in [6, 6.07) is 0. The Kier molecular flexibility index (Phi) is 7.07. The van der Waals surface area contributed by atoms with E-state index in [0.717, 1.165) is 32.3 Å². The van der Waals surface area contributed by atoms with Gasteiger partial charge in [0, 0.05) is 16.4 Å². The summed E-state index contributed by atoms with van der Waals surface area (Å²) in [5, 5.41) is 0. The molecule has 13 unspecified atom stereocenters. The molecule has 3 saturated carbocycles. The maximum absolute atomic E-state index is 13.4. The number of hydrogen-bond donors (Lipinski definition) is 1. The SMILES string of the molecule is CC(C)C(C)C12CCC3(C)C4CCC5C6(C)COC(C)C5(CC(C)C6OCC(C)(N)C(C)C)C4=CCC3(C)C1C(=O)O2. The van der Waals surface area contributed by atoms with Crippen molar-refractivity contribution < 1.29 is 19.0 Å². The molecule has 5 fully saturated rings. The lowest BCUT2D eigenvalue weighted by atomic mass is 9.34. The van der Waals surface area contributed by atoms with Crippen LogP contribution in [0.2, 0.25) is 0 Å². The smallest absolute Gasteiger partial charge is 0.314 e. The molecule has 6 rings (SSSR count). The van der Waals surface area contributed by atoms with Crippen molar-refractivity contribution in [2.45, 2.75) is 138 Å². The minimum atomic E-state index is -0.345. The van der Waals surface area contributed by atoms with Gasteiger partial charge in [-0.25, -0.2) is 0 Å². The van der Waals surface area contributed by atoms with Gasteiger partial charge in [-0.2, -0.15) is 0 Å². The second-order valence-corrected chi connectivity index (χ2v) is 17.8. The Morgan fingerprint density at radius 3 is 2.38 bits per heavy atom. The highest BCUT2D eigenvalue weighted by Crippen LogP contribution is 2.76. The van der Waals surface area contributed by atoms with Gasteiger partial charge in [-0.15, -0.1) is 0 Å². The topological polar surface area (TPSA) is 70.8 Å². The molecule has 5 heteroatoms. The lowest BCUT2D eigenvalue weighted by Gasteiger charge is -2.73. The Balaban J connectivity index is 1.38. The van der Waals surface area contributed by atoms with Gasteiger partial charge in [0.1, 0.15) is 11.5 Å². The maximum atomic E-state index is 13.4. The summed E-state index contributed by atoms with van der Waals surface area (Å²) in [5.74, 6) is 2.71. The normalized spacial score (nSPS) is 51.7. The number of rotatable bonds is 6. The first-order valence-corrected chi connectivity index (χ1v) is 17.4. The largest absolute Gasteiger partial charge is 0.457 e. The summed E-state index contributed by atoms with van der Waals surface area (Å²) in [4.78, 5) is 13.4. The molecule has 0 spiro atoms. The Labute approximate surface area is 256 Å². The number of esters is 1. The summed E-state index contributed by atoms with van der Waals surface area (Å²) in [5.41, 5.74) is 7.71. The summed E-state index contributed by atoms with van der Waals surface area (Å²) >= 11 is 0. The molecule has 6 aliphatic rings. The first-order valence-electron chi connectivity index (χ1n) is 17.4. The highest BCUT2D eigenvalue weighted by atomic mass is 16.6. The van der Waals surface area contributed by atoms with Crippen LogP contribution in [0.25, 0.3) is 0 Å². The third-order valence-electron chi connectivity index (χ3n) is 15.4. The van der Waals surface area contributed by atoms with Crippen molar-refractivity contribution in [2.24, 2.45) is 68.8 Å². The molecule has 42 heavy (non-hydrogen) atoms. The lowest BCUT2D eigenvalue weighted by molar-refractivity contribution is -0.298. The fourth-order valence-corrected chi connectivity index (χ4v) is 11.9. The first-order chi connectivity index (χ1) is 19.4. The molecule has 13 atom stereocenters. The summed E-state index contributed by atoms with van der Waals surface area (Å²) in [6.45, 7) is 27.0. The van der Waals surface area contributed by atoms with Crippen LogP contribution in [0.1, 0.15) is 115 Å². The van der Waals surface area contributed by atoms with Gasteiger partial charge < -0.3 is 19.9 Å². The van der Waals surface area contributed by atoms with Crippen LogP contribution in [-0.4, -0.2) is 42.5 Å². The fraction of sp³-hybridized carbons (Fsp3) is 0.919. The van der Waals surface area contributed by atoms with Gasteiger partial charge in [-0.3, -0.25) is 4.79 Å². The molecule has 2 saturated heterocycles. The van der Waals surface area contributed by atoms with E-state index in [4.69, 9.17) is 19.9 Å². The molecular formula is C37H61NO4. The van der Waals surface area contributed by atoms with Gasteiger partial charge in [-0.1, -0.05) is 74.0 Å². The van der Waals surface area contributed by atoms with Crippen LogP contribution in [-0.2, 0) is 19.0 Å². The minimum absolute atomic E-state index is 0.00550. The van der Waals surface area contributed by atoms with Crippen molar-refractivity contribution in [1.82, 2.24) is 0 Å². The number of fused-ring (bicyclic) bond motifs is 5. The molecule has 4 aliphatic carbocycles. The van der Waals surface area contributed by atoms with Crippen LogP contribution in [0.5, 0.6) is 0 Å². The van der Waals surface area contributed by atoms with E-state index < -0.39 is 0 Å². The number of carbonyl (C=O) groups is 1. The number of hydrogen-bond acceptors (Lipinski definition) is 5. The average Bonchev–Trinajstić information content (AvgIpc) is 2.89. The average molecular weight is 584 g/mol. The van der Waals surface area contributed by atoms with Crippen LogP contribution >= 0.6 is 0 Å². The second-order valence-electron chi connectivity index (χ2n) is 17.8. The van der Waals surface area contributed by atoms with Crippen molar-refractivity contribution in [1.29, 1.82) is 0 Å². The third-order valence-corrected chi connectivity index (χ3v) is 15.4. The van der Waals surface area contributed by atoms with E-state index in [9.17, 15) is 4.79 Å². The molecule has 0 aromatic rings. The predicted molar refractivity (Wildman–Crippen MR) is 168 cm³/mol. The Hall–Kier alpha value is -0.910. The molecule has 0 aromatic heterocycles. The molecule has 0 aromatic carbocycles. The molecule has 2 N–H and O–H groups in total. The molecule has 2 heterocycles. The van der Waals surface area contributed by atoms with E-state index in [0.29, 0.717) is 42.1 Å². The Morgan fingerprint density at radius 2 is 1.76 bits per heavy atom. The third kappa shape index (κ3) is 3.68. The molecule has 2 aliphatic heterocycles. The highest BCUT2D eigenvalue weighted by Gasteiger charge is 2.76. The molecular weight excluding hydrogens is 522 g/mol. The molecule has 238 valence electrons. The Bertz CT molecular complexity index is 1140. The van der Waals surface area contributed by atoms with E-state index in [1.54, 1.807) is 5.57 Å². The van der Waals surface area contributed by atoms with Crippen molar-refractivity contribution in [3.63, 3.8) is 0 Å². The van der Waals surface area contributed by atoms with Gasteiger partial charge in [0.25, 0.3) is 0 Å². The van der Waals surface area contributed by atoms with Crippen LogP contribution in [0.3, 0.4) is 0 Å². The van der Waals surface area contributed by atoms with E-state index in [-0.39, 0.29) is 56.9 Å². The summed E-state index contributed by atoms with van der Waals surface area (Å²) in [6.07, 6.45) is 9.57. The van der Waals surface area contributed by atoms with Gasteiger partial charge in [0.15, 0.2) is 0 Å². The lowest BCUT2D eigenvalue weighted by Crippen LogP contribution is -2.75. The van der Waals surface area contributed by atoms with E-state index >= 15 is 0 Å². The predicted octanol–water partition coefficient (Wildman–Crippen LogP) is 7.56. The Morgan fingerprint density at radius 1 is 1.07 bits per heavy atom. The molecule has 5 nitrogen and oxygen atoms in total. The van der Waals surface area contributed by atoms with E-state index in [1.165, 1.54) is 12.8 Å². The van der Waals surface area contributed by atoms with E-state index in [2.05, 4.69) is 82.2 Å². The van der Waals surface area contributed by atoms with E-state index in [1.807, 2.05) is 0 Å². The zero-order valence-corrected chi connectivity index (χ0v) is 28.6. The standard InChI is InChI=1S/C37H61NO4/c1-21(2)24(6)37-17-16-33(9)26-12-13-28-32(8)19-40-25(7)36(28,18-23(5)30(32)41-20-35(11,38)22(3)4)27(26)14-15-34(33,10)29(37)31(39)42-37/h14,21-26,28-30H,12-13,15-20,38H2,1-11H3. The molecule has 0 radical (unpaired) electrons. The minimum Gasteiger partial charge on any atom is -0.457 e. The van der Waals surface area contributed by atoms with Crippen LogP contribution in [0.15, 0.2) is 11.6 Å². The molecule has 2 bridgehead atoms. The van der Waals surface area contributed by atoms with Crippen molar-refractivity contribution in [3.8, 4) is 0 Å². The van der Waals surface area contributed by atoms with Crippen LogP contribution < -0.4 is 5.73 Å². The van der Waals surface area contributed by atoms with Crippen molar-refractivity contribution in [2.75, 3.05) is 13.2 Å². The zero-order valence-electron chi connectivity index (χ0n) is 28.6. The van der Waals surface area contributed by atoms with Crippen molar-refractivity contribution in [3.05, 3.63) is 11.6 Å². The number of ether oxygens (including phenoxy) is 3. The van der Waals surface area contributed by atoms with Crippen LogP contribution in [0, 0.1) is 63.1 Å². The first kappa shape index (κ1) is 31.1. The van der Waals surface area contributed by atoms with Crippen LogP contribution in [0.4, 0.5) is 0 Å². The van der Waals surface area contributed by atoms with Gasteiger partial charge >= 0.3 is 5.97 Å². The number of allylic oxidation sites excluding steroid dienone is 1. The van der Waals surface area contributed by atoms with Gasteiger partial charge in [-0.05, 0) is 98.7 Å². The van der Waals surface area contributed by atoms with Gasteiger partial charge in [0.05, 0.1) is 25.4 Å².